The van der Waals surface area contributed by atoms with Gasteiger partial charge in [-0.3, -0.25) is 4.79 Å². The molecular weight excluding hydrogens is 299 g/mol. The van der Waals surface area contributed by atoms with Crippen LogP contribution >= 0.6 is 23.2 Å². The van der Waals surface area contributed by atoms with E-state index in [9.17, 15) is 13.2 Å². The van der Waals surface area contributed by atoms with Crippen LogP contribution in [0.15, 0.2) is 12.1 Å². The van der Waals surface area contributed by atoms with Gasteiger partial charge in [-0.15, -0.1) is 0 Å². The number of hydrogen-bond acceptors (Lipinski definition) is 4. The van der Waals surface area contributed by atoms with Gasteiger partial charge in [0.15, 0.2) is 4.75 Å². The quantitative estimate of drug-likeness (QED) is 0.782. The first-order valence-corrected chi connectivity index (χ1v) is 7.25. The topological polar surface area (TPSA) is 67.3 Å². The summed E-state index contributed by atoms with van der Waals surface area (Å²) in [6, 6.07) is 3.00. The van der Waals surface area contributed by atoms with Gasteiger partial charge in [-0.05, 0) is 26.0 Å². The number of rotatable bonds is 2. The SMILES string of the molecule is CC1(C)C(=O)N(Cc2nc(Cl)ccc2Cl)S1(=O)=O. The standard InChI is InChI=1S/C10H10Cl2N2O3S/c1-10(2)9(15)14(18(10,16)17)5-7-6(11)3-4-8(12)13-7/h3-4H,5H2,1-2H3. The summed E-state index contributed by atoms with van der Waals surface area (Å²) in [6.07, 6.45) is 0. The predicted molar refractivity (Wildman–Crippen MR) is 67.8 cm³/mol. The molecule has 0 bridgehead atoms. The van der Waals surface area contributed by atoms with Crippen molar-refractivity contribution in [2.45, 2.75) is 25.1 Å². The van der Waals surface area contributed by atoms with E-state index in [1.165, 1.54) is 26.0 Å². The van der Waals surface area contributed by atoms with Gasteiger partial charge in [-0.25, -0.2) is 17.7 Å². The molecule has 0 N–H and O–H groups in total. The van der Waals surface area contributed by atoms with Gasteiger partial charge in [-0.2, -0.15) is 0 Å². The Morgan fingerprint density at radius 1 is 1.33 bits per heavy atom. The minimum Gasteiger partial charge on any atom is -0.272 e. The maximum Gasteiger partial charge on any atom is 0.259 e. The van der Waals surface area contributed by atoms with Crippen molar-refractivity contribution in [1.82, 2.24) is 9.29 Å². The zero-order chi connectivity index (χ0) is 13.7. The van der Waals surface area contributed by atoms with Crippen LogP contribution in [-0.4, -0.2) is 28.4 Å². The number of carbonyl (C=O) groups excluding carboxylic acids is 1. The average molecular weight is 309 g/mol. The van der Waals surface area contributed by atoms with Crippen molar-refractivity contribution >= 4 is 39.1 Å². The van der Waals surface area contributed by atoms with E-state index in [0.29, 0.717) is 0 Å². The molecule has 1 aliphatic heterocycles. The highest BCUT2D eigenvalue weighted by molar-refractivity contribution is 7.94. The van der Waals surface area contributed by atoms with E-state index in [1.54, 1.807) is 0 Å². The summed E-state index contributed by atoms with van der Waals surface area (Å²) >= 11 is 11.6. The molecule has 1 aromatic rings. The fraction of sp³-hybridized carbons (Fsp3) is 0.400. The predicted octanol–water partition coefficient (Wildman–Crippen LogP) is 1.84. The minimum absolute atomic E-state index is 0.190. The van der Waals surface area contributed by atoms with Crippen LogP contribution in [0.2, 0.25) is 10.2 Å². The van der Waals surface area contributed by atoms with Gasteiger partial charge in [-0.1, -0.05) is 23.2 Å². The lowest BCUT2D eigenvalue weighted by atomic mass is 10.2. The number of aromatic nitrogens is 1. The largest absolute Gasteiger partial charge is 0.272 e. The second-order valence-corrected chi connectivity index (χ2v) is 7.60. The van der Waals surface area contributed by atoms with Crippen molar-refractivity contribution in [3.63, 3.8) is 0 Å². The van der Waals surface area contributed by atoms with E-state index < -0.39 is 20.7 Å². The average Bonchev–Trinajstić information content (AvgIpc) is 2.28. The maximum atomic E-state index is 11.9. The third-order valence-electron chi connectivity index (χ3n) is 2.85. The molecule has 98 valence electrons. The number of hydrogen-bond donors (Lipinski definition) is 0. The number of sulfonamides is 1. The molecule has 5 nitrogen and oxygen atoms in total. The van der Waals surface area contributed by atoms with Crippen LogP contribution in [-0.2, 0) is 21.4 Å². The molecule has 2 rings (SSSR count). The minimum atomic E-state index is -3.64. The zero-order valence-electron chi connectivity index (χ0n) is 9.65. The lowest BCUT2D eigenvalue weighted by Crippen LogP contribution is -2.66. The van der Waals surface area contributed by atoms with Crippen molar-refractivity contribution in [3.05, 3.63) is 28.0 Å². The molecule has 0 atom stereocenters. The summed E-state index contributed by atoms with van der Waals surface area (Å²) in [7, 11) is -3.64. The Morgan fingerprint density at radius 2 is 1.94 bits per heavy atom. The second kappa shape index (κ2) is 4.08. The summed E-state index contributed by atoms with van der Waals surface area (Å²) < 4.78 is 23.2. The Hall–Kier alpha value is -0.850. The molecule has 2 heterocycles. The van der Waals surface area contributed by atoms with Gasteiger partial charge in [0.2, 0.25) is 0 Å². The van der Waals surface area contributed by atoms with Crippen LogP contribution in [0.1, 0.15) is 19.5 Å². The number of pyridine rings is 1. The highest BCUT2D eigenvalue weighted by atomic mass is 35.5. The molecule has 0 aliphatic carbocycles. The highest BCUT2D eigenvalue weighted by Crippen LogP contribution is 2.36. The van der Waals surface area contributed by atoms with E-state index in [1.807, 2.05) is 0 Å². The molecule has 1 fully saturated rings. The molecule has 1 saturated heterocycles. The molecule has 0 radical (unpaired) electrons. The Kier molecular flexibility index (Phi) is 3.08. The van der Waals surface area contributed by atoms with Gasteiger partial charge in [0.25, 0.3) is 15.9 Å². The number of halogens is 2. The van der Waals surface area contributed by atoms with Crippen molar-refractivity contribution in [2.75, 3.05) is 0 Å². The molecule has 8 heteroatoms. The molecule has 0 unspecified atom stereocenters. The van der Waals surface area contributed by atoms with Crippen molar-refractivity contribution in [2.24, 2.45) is 0 Å². The third kappa shape index (κ3) is 1.79. The molecule has 1 aliphatic rings. The molecule has 1 aromatic heterocycles. The molecule has 1 amide bonds. The second-order valence-electron chi connectivity index (χ2n) is 4.39. The summed E-state index contributed by atoms with van der Waals surface area (Å²) in [5, 5.41) is 0.464. The summed E-state index contributed by atoms with van der Waals surface area (Å²) in [5.74, 6) is -0.472. The Bertz CT molecular complexity index is 628. The Balaban J connectivity index is 2.32. The van der Waals surface area contributed by atoms with Crippen LogP contribution in [0, 0.1) is 0 Å². The van der Waals surface area contributed by atoms with E-state index in [4.69, 9.17) is 23.2 Å². The van der Waals surface area contributed by atoms with Gasteiger partial charge in [0.05, 0.1) is 17.3 Å². The van der Waals surface area contributed by atoms with Gasteiger partial charge in [0, 0.05) is 0 Å². The van der Waals surface area contributed by atoms with Crippen molar-refractivity contribution in [3.8, 4) is 0 Å². The van der Waals surface area contributed by atoms with E-state index >= 15 is 0 Å². The van der Waals surface area contributed by atoms with Gasteiger partial charge in [0.1, 0.15) is 5.15 Å². The molecular formula is C10H10Cl2N2O3S. The van der Waals surface area contributed by atoms with E-state index in [0.717, 1.165) is 4.31 Å². The Labute approximate surface area is 115 Å². The normalized spacial score (nSPS) is 20.7. The number of carbonyl (C=O) groups is 1. The number of amides is 1. The fourth-order valence-corrected chi connectivity index (χ4v) is 3.44. The van der Waals surface area contributed by atoms with E-state index in [2.05, 4.69) is 4.98 Å². The van der Waals surface area contributed by atoms with Crippen LogP contribution in [0.25, 0.3) is 0 Å². The molecule has 0 spiro atoms. The van der Waals surface area contributed by atoms with Crippen LogP contribution < -0.4 is 0 Å². The van der Waals surface area contributed by atoms with Crippen LogP contribution in [0.5, 0.6) is 0 Å². The first-order valence-electron chi connectivity index (χ1n) is 5.05. The molecule has 0 saturated carbocycles. The Morgan fingerprint density at radius 3 is 2.50 bits per heavy atom. The highest BCUT2D eigenvalue weighted by Gasteiger charge is 2.60. The summed E-state index contributed by atoms with van der Waals surface area (Å²) in [5.41, 5.74) is 0.261. The first kappa shape index (κ1) is 13.6. The van der Waals surface area contributed by atoms with Crippen LogP contribution in [0.3, 0.4) is 0 Å². The monoisotopic (exact) mass is 308 g/mol. The van der Waals surface area contributed by atoms with E-state index in [-0.39, 0.29) is 22.4 Å². The van der Waals surface area contributed by atoms with Gasteiger partial charge >= 0.3 is 0 Å². The number of nitrogens with zero attached hydrogens (tertiary/aromatic N) is 2. The van der Waals surface area contributed by atoms with Crippen LogP contribution in [0.4, 0.5) is 0 Å². The summed E-state index contributed by atoms with van der Waals surface area (Å²) in [4.78, 5) is 15.7. The lowest BCUT2D eigenvalue weighted by Gasteiger charge is -2.42. The van der Waals surface area contributed by atoms with Gasteiger partial charge < -0.3 is 0 Å². The molecule has 0 aromatic carbocycles. The summed E-state index contributed by atoms with van der Waals surface area (Å²) in [6.45, 7) is 2.55. The maximum absolute atomic E-state index is 11.9. The van der Waals surface area contributed by atoms with Crippen molar-refractivity contribution < 1.29 is 13.2 Å². The third-order valence-corrected chi connectivity index (χ3v) is 5.75. The van der Waals surface area contributed by atoms with Crippen molar-refractivity contribution in [1.29, 1.82) is 0 Å². The fourth-order valence-electron chi connectivity index (χ4n) is 1.62. The lowest BCUT2D eigenvalue weighted by molar-refractivity contribution is -0.132. The zero-order valence-corrected chi connectivity index (χ0v) is 12.0. The first-order chi connectivity index (χ1) is 8.18. The molecule has 18 heavy (non-hydrogen) atoms. The smallest absolute Gasteiger partial charge is 0.259 e.